The van der Waals surface area contributed by atoms with Crippen LogP contribution < -0.4 is 15.0 Å². The van der Waals surface area contributed by atoms with Crippen molar-refractivity contribution >= 4 is 68.2 Å². The number of anilines is 6. The highest BCUT2D eigenvalue weighted by atomic mass is 32.3. The Kier molecular flexibility index (Phi) is 10.7. The molecule has 0 aromatic heterocycles. The molecular formula is C61H58N2SSi. The lowest BCUT2D eigenvalue weighted by Crippen LogP contribution is -2.37. The van der Waals surface area contributed by atoms with Gasteiger partial charge in [-0.2, -0.15) is 0 Å². The monoisotopic (exact) mass is 878 g/mol. The predicted octanol–water partition coefficient (Wildman–Crippen LogP) is 16.4. The molecule has 0 amide bonds. The molecule has 0 atom stereocenters. The fourth-order valence-electron chi connectivity index (χ4n) is 10.0. The Morgan fingerprint density at radius 3 is 1.37 bits per heavy atom. The third kappa shape index (κ3) is 7.49. The van der Waals surface area contributed by atoms with Gasteiger partial charge in [-0.1, -0.05) is 163 Å². The molecule has 0 saturated carbocycles. The average molecular weight is 879 g/mol. The third-order valence-electron chi connectivity index (χ3n) is 13.4. The van der Waals surface area contributed by atoms with Gasteiger partial charge in [-0.3, -0.25) is 0 Å². The fourth-order valence-corrected chi connectivity index (χ4v) is 12.1. The summed E-state index contributed by atoms with van der Waals surface area (Å²) >= 11 is 0. The summed E-state index contributed by atoms with van der Waals surface area (Å²) in [5, 5.41) is 3.91. The van der Waals surface area contributed by atoms with Gasteiger partial charge in [0, 0.05) is 33.8 Å². The summed E-state index contributed by atoms with van der Waals surface area (Å²) in [6, 6.07) is 78.1. The minimum atomic E-state index is -1.51. The van der Waals surface area contributed by atoms with E-state index in [4.69, 9.17) is 0 Å². The van der Waals surface area contributed by atoms with Gasteiger partial charge < -0.3 is 9.80 Å². The first-order valence-electron chi connectivity index (χ1n) is 22.8. The van der Waals surface area contributed by atoms with E-state index in [0.29, 0.717) is 0 Å². The summed E-state index contributed by atoms with van der Waals surface area (Å²) in [7, 11) is -2.42. The largest absolute Gasteiger partial charge is 0.310 e. The molecule has 4 heteroatoms. The molecule has 1 aliphatic carbocycles. The average Bonchev–Trinajstić information content (AvgIpc) is 3.61. The molecule has 0 saturated heterocycles. The van der Waals surface area contributed by atoms with Crippen molar-refractivity contribution in [2.75, 3.05) is 28.6 Å². The third-order valence-corrected chi connectivity index (χ3v) is 17.1. The summed E-state index contributed by atoms with van der Waals surface area (Å²) < 4.78 is 0. The molecule has 9 aromatic carbocycles. The standard InChI is InChI=1S/C61H58N2SSi/c1-43-23-27-47(28-24-43)62(48-33-38-53(39-34-48)65(6,7)8)51-35-40-56-57(41-51)61(45-17-11-9-12-18-45,46-19-13-10-14-20-46)58-42-59(54-21-15-16-22-55(54)60(56)58)63(49-29-25-44(2)26-30-49)50-31-36-52(37-32-50)64(3,4)5/h9-42H,1-8H3. The number of hydrogen-bond donors (Lipinski definition) is 0. The maximum atomic E-state index is 2.53. The van der Waals surface area contributed by atoms with Crippen LogP contribution in [0.25, 0.3) is 21.9 Å². The lowest BCUT2D eigenvalue weighted by atomic mass is 9.67. The Hall–Kier alpha value is -6.59. The van der Waals surface area contributed by atoms with Gasteiger partial charge in [-0.15, -0.1) is 0 Å². The van der Waals surface area contributed by atoms with Crippen molar-refractivity contribution in [2.45, 2.75) is 43.8 Å². The molecule has 0 heterocycles. The number of benzene rings is 9. The molecule has 0 unspecified atom stereocenters. The van der Waals surface area contributed by atoms with Gasteiger partial charge in [0.1, 0.15) is 0 Å². The quantitative estimate of drug-likeness (QED) is 0.126. The highest BCUT2D eigenvalue weighted by molar-refractivity contribution is 8.32. The molecule has 9 aromatic rings. The minimum Gasteiger partial charge on any atom is -0.310 e. The molecular weight excluding hydrogens is 821 g/mol. The van der Waals surface area contributed by atoms with Gasteiger partial charge in [0.15, 0.2) is 0 Å². The first kappa shape index (κ1) is 42.4. The summed E-state index contributed by atoms with van der Waals surface area (Å²) in [5.74, 6) is 0. The number of nitrogens with zero attached hydrogens (tertiary/aromatic N) is 2. The van der Waals surface area contributed by atoms with Crippen molar-refractivity contribution in [2.24, 2.45) is 0 Å². The highest BCUT2D eigenvalue weighted by Gasteiger charge is 2.48. The van der Waals surface area contributed by atoms with E-state index >= 15 is 0 Å². The number of fused-ring (bicyclic) bond motifs is 5. The Bertz CT molecular complexity index is 3110. The van der Waals surface area contributed by atoms with Crippen LogP contribution in [0.2, 0.25) is 19.6 Å². The Balaban J connectivity index is 1.29. The Labute approximate surface area is 389 Å². The topological polar surface area (TPSA) is 6.48 Å². The molecule has 2 nitrogen and oxygen atoms in total. The van der Waals surface area contributed by atoms with Crippen LogP contribution in [0, 0.1) is 13.8 Å². The lowest BCUT2D eigenvalue weighted by molar-refractivity contribution is 0.769. The van der Waals surface area contributed by atoms with Crippen LogP contribution in [0.15, 0.2) is 211 Å². The molecule has 10 rings (SSSR count). The smallest absolute Gasteiger partial charge is 0.0775 e. The highest BCUT2D eigenvalue weighted by Crippen LogP contribution is 2.61. The first-order chi connectivity index (χ1) is 31.3. The molecule has 65 heavy (non-hydrogen) atoms. The molecule has 0 fully saturated rings. The zero-order valence-electron chi connectivity index (χ0n) is 38.9. The van der Waals surface area contributed by atoms with E-state index in [1.807, 2.05) is 0 Å². The second kappa shape index (κ2) is 16.4. The predicted molar refractivity (Wildman–Crippen MR) is 287 cm³/mol. The van der Waals surface area contributed by atoms with E-state index in [-0.39, 0.29) is 0 Å². The van der Waals surface area contributed by atoms with E-state index in [1.165, 1.54) is 65.4 Å². The second-order valence-corrected chi connectivity index (χ2v) is 28.8. The SMILES string of the molecule is Cc1ccc(N(c2ccc([Si](C)(C)C)cc2)c2ccc3c(c2)C(c2ccccc2)(c2ccccc2)c2cc(N(c4ccc(C)cc4)c4ccc(S(C)(C)C)cc4)c4ccccc4c2-3)cc1. The summed E-state index contributed by atoms with van der Waals surface area (Å²) in [6.07, 6.45) is 7.11. The minimum absolute atomic E-state index is 0.652. The molecule has 0 aliphatic heterocycles. The van der Waals surface area contributed by atoms with Crippen molar-refractivity contribution < 1.29 is 0 Å². The van der Waals surface area contributed by atoms with E-state index in [9.17, 15) is 0 Å². The van der Waals surface area contributed by atoms with E-state index in [2.05, 4.69) is 268 Å². The van der Waals surface area contributed by atoms with Gasteiger partial charge >= 0.3 is 0 Å². The Morgan fingerprint density at radius 1 is 0.415 bits per heavy atom. The number of rotatable bonds is 10. The molecule has 1 aliphatic rings. The zero-order chi connectivity index (χ0) is 45.1. The van der Waals surface area contributed by atoms with E-state index < -0.39 is 23.5 Å². The number of hydrogen-bond acceptors (Lipinski definition) is 2. The van der Waals surface area contributed by atoms with Gasteiger partial charge in [0.2, 0.25) is 0 Å². The van der Waals surface area contributed by atoms with Crippen LogP contribution in [-0.2, 0) is 5.41 Å². The van der Waals surface area contributed by atoms with Crippen LogP contribution in [0.4, 0.5) is 34.1 Å². The van der Waals surface area contributed by atoms with E-state index in [0.717, 1.165) is 34.1 Å². The normalized spacial score (nSPS) is 13.3. The molecule has 0 spiro atoms. The van der Waals surface area contributed by atoms with Crippen LogP contribution in [-0.4, -0.2) is 26.8 Å². The van der Waals surface area contributed by atoms with Crippen LogP contribution in [0.3, 0.4) is 0 Å². The summed E-state index contributed by atoms with van der Waals surface area (Å²) in [4.78, 5) is 6.33. The van der Waals surface area contributed by atoms with E-state index in [1.54, 1.807) is 0 Å². The van der Waals surface area contributed by atoms with Gasteiger partial charge in [-0.05, 0) is 155 Å². The van der Waals surface area contributed by atoms with Crippen LogP contribution in [0.5, 0.6) is 0 Å². The van der Waals surface area contributed by atoms with Gasteiger partial charge in [-0.25, -0.2) is 10.0 Å². The van der Waals surface area contributed by atoms with Crippen molar-refractivity contribution in [1.29, 1.82) is 0 Å². The Morgan fingerprint density at radius 2 is 0.862 bits per heavy atom. The maximum Gasteiger partial charge on any atom is 0.0775 e. The molecule has 0 radical (unpaired) electrons. The zero-order valence-corrected chi connectivity index (χ0v) is 40.7. The van der Waals surface area contributed by atoms with Crippen molar-refractivity contribution in [3.05, 3.63) is 240 Å². The van der Waals surface area contributed by atoms with Gasteiger partial charge in [0.05, 0.1) is 19.2 Å². The van der Waals surface area contributed by atoms with Gasteiger partial charge in [0.25, 0.3) is 0 Å². The number of aryl methyl sites for hydroxylation is 2. The van der Waals surface area contributed by atoms with Crippen LogP contribution in [0.1, 0.15) is 33.4 Å². The maximum absolute atomic E-state index is 2.53. The molecule has 0 bridgehead atoms. The van der Waals surface area contributed by atoms with Crippen molar-refractivity contribution in [1.82, 2.24) is 0 Å². The second-order valence-electron chi connectivity index (χ2n) is 19.5. The fraction of sp³-hybridized carbons (Fsp3) is 0.148. The summed E-state index contributed by atoms with van der Waals surface area (Å²) in [6.45, 7) is 11.6. The summed E-state index contributed by atoms with van der Waals surface area (Å²) in [5.41, 5.74) is 16.3. The molecule has 322 valence electrons. The first-order valence-corrected chi connectivity index (χ1v) is 29.1. The van der Waals surface area contributed by atoms with Crippen LogP contribution >= 0.6 is 10.0 Å². The lowest BCUT2D eigenvalue weighted by Gasteiger charge is -2.36. The molecule has 0 N–H and O–H groups in total. The van der Waals surface area contributed by atoms with Crippen molar-refractivity contribution in [3.63, 3.8) is 0 Å². The van der Waals surface area contributed by atoms with Crippen molar-refractivity contribution in [3.8, 4) is 11.1 Å².